The Hall–Kier alpha value is -2.04. The summed E-state index contributed by atoms with van der Waals surface area (Å²) in [5.74, 6) is 0.105. The van der Waals surface area contributed by atoms with Gasteiger partial charge in [-0.25, -0.2) is 4.79 Å². The molecule has 0 spiro atoms. The largest absolute Gasteiger partial charge is 0.447 e. The third-order valence-electron chi connectivity index (χ3n) is 3.54. The number of anilines is 1. The fourth-order valence-electron chi connectivity index (χ4n) is 1.97. The maximum Gasteiger partial charge on any atom is 0.414 e. The van der Waals surface area contributed by atoms with E-state index in [2.05, 4.69) is 5.32 Å². The minimum atomic E-state index is -0.303. The van der Waals surface area contributed by atoms with Gasteiger partial charge in [-0.05, 0) is 24.1 Å². The van der Waals surface area contributed by atoms with E-state index in [1.165, 1.54) is 0 Å². The standard InChI is InChI=1S/C15H20N2O3/c1-3-11(2)14(18)16-10-12-4-6-13(7-5-12)17-8-9-20-15(17)19/h4-7,11H,3,8-10H2,1-2H3,(H,16,18). The van der Waals surface area contributed by atoms with Gasteiger partial charge in [0, 0.05) is 18.2 Å². The highest BCUT2D eigenvalue weighted by Crippen LogP contribution is 2.19. The molecule has 1 N–H and O–H groups in total. The highest BCUT2D eigenvalue weighted by atomic mass is 16.6. The van der Waals surface area contributed by atoms with Gasteiger partial charge in [0.25, 0.3) is 0 Å². The van der Waals surface area contributed by atoms with E-state index in [1.807, 2.05) is 38.1 Å². The van der Waals surface area contributed by atoms with Crippen LogP contribution in [0.25, 0.3) is 0 Å². The molecule has 20 heavy (non-hydrogen) atoms. The lowest BCUT2D eigenvalue weighted by Crippen LogP contribution is -2.28. The molecule has 5 heteroatoms. The van der Waals surface area contributed by atoms with Crippen LogP contribution in [-0.4, -0.2) is 25.2 Å². The summed E-state index contributed by atoms with van der Waals surface area (Å²) in [5.41, 5.74) is 1.84. The molecule has 1 atom stereocenters. The van der Waals surface area contributed by atoms with Crippen molar-refractivity contribution in [3.05, 3.63) is 29.8 Å². The molecule has 0 saturated carbocycles. The van der Waals surface area contributed by atoms with Gasteiger partial charge in [0.1, 0.15) is 6.61 Å². The van der Waals surface area contributed by atoms with E-state index in [1.54, 1.807) is 4.90 Å². The number of ether oxygens (including phenoxy) is 1. The van der Waals surface area contributed by atoms with Crippen LogP contribution in [-0.2, 0) is 16.1 Å². The van der Waals surface area contributed by atoms with Crippen LogP contribution in [0.2, 0.25) is 0 Å². The van der Waals surface area contributed by atoms with E-state index in [9.17, 15) is 9.59 Å². The Bertz CT molecular complexity index is 484. The number of hydrogen-bond acceptors (Lipinski definition) is 3. The first kappa shape index (κ1) is 14.4. The minimum absolute atomic E-state index is 0.0358. The van der Waals surface area contributed by atoms with Crippen molar-refractivity contribution in [2.24, 2.45) is 5.92 Å². The molecule has 1 aromatic carbocycles. The summed E-state index contributed by atoms with van der Waals surface area (Å²) in [4.78, 5) is 24.7. The van der Waals surface area contributed by atoms with E-state index < -0.39 is 0 Å². The molecule has 1 unspecified atom stereocenters. The first-order valence-electron chi connectivity index (χ1n) is 6.92. The highest BCUT2D eigenvalue weighted by molar-refractivity contribution is 5.89. The van der Waals surface area contributed by atoms with Gasteiger partial charge in [0.05, 0.1) is 6.54 Å². The fraction of sp³-hybridized carbons (Fsp3) is 0.467. The van der Waals surface area contributed by atoms with Crippen molar-refractivity contribution in [1.29, 1.82) is 0 Å². The quantitative estimate of drug-likeness (QED) is 0.897. The third-order valence-corrected chi connectivity index (χ3v) is 3.54. The van der Waals surface area contributed by atoms with Crippen molar-refractivity contribution in [2.45, 2.75) is 26.8 Å². The second-order valence-corrected chi connectivity index (χ2v) is 4.96. The van der Waals surface area contributed by atoms with Crippen LogP contribution in [0, 0.1) is 5.92 Å². The normalized spacial score (nSPS) is 15.9. The predicted octanol–water partition coefficient (Wildman–Crippen LogP) is 2.31. The summed E-state index contributed by atoms with van der Waals surface area (Å²) < 4.78 is 4.90. The zero-order valence-corrected chi connectivity index (χ0v) is 11.9. The van der Waals surface area contributed by atoms with Gasteiger partial charge in [-0.1, -0.05) is 26.0 Å². The van der Waals surface area contributed by atoms with Crippen LogP contribution in [0.1, 0.15) is 25.8 Å². The van der Waals surface area contributed by atoms with E-state index in [-0.39, 0.29) is 17.9 Å². The second-order valence-electron chi connectivity index (χ2n) is 4.96. The van der Waals surface area contributed by atoms with Crippen LogP contribution in [0.5, 0.6) is 0 Å². The number of amides is 2. The van der Waals surface area contributed by atoms with E-state index in [0.29, 0.717) is 19.7 Å². The molecule has 1 fully saturated rings. The zero-order valence-electron chi connectivity index (χ0n) is 11.9. The summed E-state index contributed by atoms with van der Waals surface area (Å²) in [7, 11) is 0. The Balaban J connectivity index is 1.92. The number of carbonyl (C=O) groups is 2. The third kappa shape index (κ3) is 3.29. The molecule has 0 bridgehead atoms. The Morgan fingerprint density at radius 1 is 1.40 bits per heavy atom. The van der Waals surface area contributed by atoms with Crippen molar-refractivity contribution in [3.63, 3.8) is 0 Å². The molecular weight excluding hydrogens is 256 g/mol. The first-order chi connectivity index (χ1) is 9.61. The number of rotatable bonds is 5. The Kier molecular flexibility index (Phi) is 4.61. The van der Waals surface area contributed by atoms with Gasteiger partial charge in [0.15, 0.2) is 0 Å². The molecule has 0 aromatic heterocycles. The molecule has 1 heterocycles. The van der Waals surface area contributed by atoms with Crippen LogP contribution >= 0.6 is 0 Å². The molecule has 1 aliphatic rings. The summed E-state index contributed by atoms with van der Waals surface area (Å²) in [6, 6.07) is 7.57. The van der Waals surface area contributed by atoms with Crippen LogP contribution in [0.4, 0.5) is 10.5 Å². The number of nitrogens with zero attached hydrogens (tertiary/aromatic N) is 1. The zero-order chi connectivity index (χ0) is 14.5. The number of cyclic esters (lactones) is 1. The van der Waals surface area contributed by atoms with Gasteiger partial charge in [-0.2, -0.15) is 0 Å². The van der Waals surface area contributed by atoms with Crippen LogP contribution in [0.15, 0.2) is 24.3 Å². The SMILES string of the molecule is CCC(C)C(=O)NCc1ccc(N2CCOC2=O)cc1. The van der Waals surface area contributed by atoms with Crippen LogP contribution < -0.4 is 10.2 Å². The molecule has 2 rings (SSSR count). The van der Waals surface area contributed by atoms with Crippen molar-refractivity contribution in [2.75, 3.05) is 18.1 Å². The molecule has 1 aliphatic heterocycles. The summed E-state index contributed by atoms with van der Waals surface area (Å²) in [6.07, 6.45) is 0.532. The van der Waals surface area contributed by atoms with Crippen molar-refractivity contribution >= 4 is 17.7 Å². The lowest BCUT2D eigenvalue weighted by Gasteiger charge is -2.14. The average molecular weight is 276 g/mol. The van der Waals surface area contributed by atoms with Gasteiger partial charge in [-0.15, -0.1) is 0 Å². The Labute approximate surface area is 118 Å². The maximum atomic E-state index is 11.7. The van der Waals surface area contributed by atoms with E-state index >= 15 is 0 Å². The number of hydrogen-bond donors (Lipinski definition) is 1. The molecule has 0 radical (unpaired) electrons. The summed E-state index contributed by atoms with van der Waals surface area (Å²) in [5, 5.41) is 2.90. The summed E-state index contributed by atoms with van der Waals surface area (Å²) >= 11 is 0. The van der Waals surface area contributed by atoms with Gasteiger partial charge < -0.3 is 10.1 Å². The topological polar surface area (TPSA) is 58.6 Å². The number of benzene rings is 1. The summed E-state index contributed by atoms with van der Waals surface area (Å²) in [6.45, 7) is 5.44. The molecule has 5 nitrogen and oxygen atoms in total. The number of carbonyl (C=O) groups excluding carboxylic acids is 2. The van der Waals surface area contributed by atoms with Gasteiger partial charge in [0.2, 0.25) is 5.91 Å². The highest BCUT2D eigenvalue weighted by Gasteiger charge is 2.23. The van der Waals surface area contributed by atoms with Gasteiger partial charge >= 0.3 is 6.09 Å². The number of nitrogens with one attached hydrogen (secondary N) is 1. The maximum absolute atomic E-state index is 11.7. The Morgan fingerprint density at radius 2 is 2.10 bits per heavy atom. The smallest absolute Gasteiger partial charge is 0.414 e. The van der Waals surface area contributed by atoms with E-state index in [4.69, 9.17) is 4.74 Å². The molecule has 2 amide bonds. The Morgan fingerprint density at radius 3 is 2.65 bits per heavy atom. The molecule has 1 saturated heterocycles. The van der Waals surface area contributed by atoms with Crippen molar-refractivity contribution in [1.82, 2.24) is 5.32 Å². The van der Waals surface area contributed by atoms with Crippen molar-refractivity contribution in [3.8, 4) is 0 Å². The molecule has 108 valence electrons. The lowest BCUT2D eigenvalue weighted by molar-refractivity contribution is -0.124. The minimum Gasteiger partial charge on any atom is -0.447 e. The molecule has 0 aliphatic carbocycles. The van der Waals surface area contributed by atoms with E-state index in [0.717, 1.165) is 17.7 Å². The molecule has 1 aromatic rings. The first-order valence-corrected chi connectivity index (χ1v) is 6.92. The second kappa shape index (κ2) is 6.41. The molecular formula is C15H20N2O3. The lowest BCUT2D eigenvalue weighted by atomic mass is 10.1. The average Bonchev–Trinajstić information content (AvgIpc) is 2.90. The van der Waals surface area contributed by atoms with Crippen molar-refractivity contribution < 1.29 is 14.3 Å². The predicted molar refractivity (Wildman–Crippen MR) is 76.4 cm³/mol. The van der Waals surface area contributed by atoms with Crippen LogP contribution in [0.3, 0.4) is 0 Å². The fourth-order valence-corrected chi connectivity index (χ4v) is 1.97. The van der Waals surface area contributed by atoms with Gasteiger partial charge in [-0.3, -0.25) is 9.69 Å². The monoisotopic (exact) mass is 276 g/mol.